The standard InChI is InChI=1S/C13H22N2O4/c1-15(8-9-3-2-4-9)13(18)14-7-10-5-6-11(19-10)12(16)17/h9-11H,2-8H2,1H3,(H,14,18)(H,16,17). The summed E-state index contributed by atoms with van der Waals surface area (Å²) in [6, 6.07) is -0.103. The summed E-state index contributed by atoms with van der Waals surface area (Å²) in [5.74, 6) is -0.272. The number of hydrogen-bond acceptors (Lipinski definition) is 3. The molecule has 0 bridgehead atoms. The number of nitrogens with zero attached hydrogens (tertiary/aromatic N) is 1. The molecule has 2 atom stereocenters. The first-order chi connectivity index (χ1) is 9.06. The zero-order valence-electron chi connectivity index (χ0n) is 11.3. The van der Waals surface area contributed by atoms with Gasteiger partial charge in [-0.05, 0) is 31.6 Å². The van der Waals surface area contributed by atoms with Gasteiger partial charge < -0.3 is 20.1 Å². The first-order valence-corrected chi connectivity index (χ1v) is 6.93. The molecule has 19 heavy (non-hydrogen) atoms. The van der Waals surface area contributed by atoms with E-state index in [0.29, 0.717) is 25.3 Å². The third kappa shape index (κ3) is 3.83. The van der Waals surface area contributed by atoms with Gasteiger partial charge in [-0.2, -0.15) is 0 Å². The molecule has 0 aromatic rings. The van der Waals surface area contributed by atoms with Gasteiger partial charge in [-0.3, -0.25) is 0 Å². The lowest BCUT2D eigenvalue weighted by atomic mass is 9.85. The van der Waals surface area contributed by atoms with Crippen LogP contribution in [0.1, 0.15) is 32.1 Å². The normalized spacial score (nSPS) is 26.8. The first kappa shape index (κ1) is 14.1. The van der Waals surface area contributed by atoms with Crippen LogP contribution < -0.4 is 5.32 Å². The highest BCUT2D eigenvalue weighted by molar-refractivity contribution is 5.74. The van der Waals surface area contributed by atoms with Crippen LogP contribution in [0, 0.1) is 5.92 Å². The third-order valence-corrected chi connectivity index (χ3v) is 3.97. The number of aliphatic carboxylic acids is 1. The maximum atomic E-state index is 11.8. The van der Waals surface area contributed by atoms with Gasteiger partial charge in [0.05, 0.1) is 6.10 Å². The Hall–Kier alpha value is -1.30. The highest BCUT2D eigenvalue weighted by atomic mass is 16.5. The molecular weight excluding hydrogens is 248 g/mol. The second kappa shape index (κ2) is 6.23. The van der Waals surface area contributed by atoms with Gasteiger partial charge >= 0.3 is 12.0 Å². The summed E-state index contributed by atoms with van der Waals surface area (Å²) in [4.78, 5) is 24.3. The minimum Gasteiger partial charge on any atom is -0.479 e. The predicted octanol–water partition coefficient (Wildman–Crippen LogP) is 1.06. The van der Waals surface area contributed by atoms with Crippen LogP contribution in [0.25, 0.3) is 0 Å². The number of nitrogens with one attached hydrogen (secondary N) is 1. The van der Waals surface area contributed by atoms with Crippen LogP contribution in [0.2, 0.25) is 0 Å². The summed E-state index contributed by atoms with van der Waals surface area (Å²) < 4.78 is 5.33. The Kier molecular flexibility index (Phi) is 4.63. The number of amides is 2. The molecule has 2 aliphatic rings. The monoisotopic (exact) mass is 270 g/mol. The summed E-state index contributed by atoms with van der Waals surface area (Å²) in [5.41, 5.74) is 0. The van der Waals surface area contributed by atoms with E-state index in [-0.39, 0.29) is 12.1 Å². The van der Waals surface area contributed by atoms with Crippen molar-refractivity contribution in [1.82, 2.24) is 10.2 Å². The van der Waals surface area contributed by atoms with E-state index in [1.807, 2.05) is 0 Å². The molecule has 0 aromatic carbocycles. The molecule has 0 radical (unpaired) electrons. The molecule has 2 fully saturated rings. The van der Waals surface area contributed by atoms with Gasteiger partial charge in [-0.1, -0.05) is 6.42 Å². The van der Waals surface area contributed by atoms with Crippen LogP contribution >= 0.6 is 0 Å². The second-order valence-corrected chi connectivity index (χ2v) is 5.53. The Labute approximate surface area is 113 Å². The van der Waals surface area contributed by atoms with Crippen LogP contribution in [0.5, 0.6) is 0 Å². The Morgan fingerprint density at radius 1 is 1.32 bits per heavy atom. The highest BCUT2D eigenvalue weighted by Gasteiger charge is 2.30. The lowest BCUT2D eigenvalue weighted by molar-refractivity contribution is -0.149. The van der Waals surface area contributed by atoms with Gasteiger partial charge in [-0.25, -0.2) is 9.59 Å². The van der Waals surface area contributed by atoms with Crippen LogP contribution in [0.3, 0.4) is 0 Å². The maximum Gasteiger partial charge on any atom is 0.332 e. The Bertz CT molecular complexity index is 344. The van der Waals surface area contributed by atoms with Gasteiger partial charge in [0.1, 0.15) is 0 Å². The van der Waals surface area contributed by atoms with Crippen molar-refractivity contribution >= 4 is 12.0 Å². The number of urea groups is 1. The van der Waals surface area contributed by atoms with Crippen LogP contribution in [-0.2, 0) is 9.53 Å². The van der Waals surface area contributed by atoms with E-state index in [2.05, 4.69) is 5.32 Å². The Morgan fingerprint density at radius 3 is 2.58 bits per heavy atom. The van der Waals surface area contributed by atoms with Gasteiger partial charge in [0.15, 0.2) is 6.10 Å². The second-order valence-electron chi connectivity index (χ2n) is 5.53. The first-order valence-electron chi connectivity index (χ1n) is 6.93. The minimum atomic E-state index is -0.920. The van der Waals surface area contributed by atoms with E-state index in [1.54, 1.807) is 11.9 Å². The largest absolute Gasteiger partial charge is 0.479 e. The molecule has 2 amide bonds. The number of carboxylic acids is 1. The molecular formula is C13H22N2O4. The van der Waals surface area contributed by atoms with Gasteiger partial charge in [0.2, 0.25) is 0 Å². The highest BCUT2D eigenvalue weighted by Crippen LogP contribution is 2.26. The number of ether oxygens (including phenoxy) is 1. The molecule has 1 saturated carbocycles. The van der Waals surface area contributed by atoms with E-state index in [9.17, 15) is 9.59 Å². The van der Waals surface area contributed by atoms with Crippen molar-refractivity contribution in [2.45, 2.75) is 44.3 Å². The van der Waals surface area contributed by atoms with Crippen molar-refractivity contribution in [3.05, 3.63) is 0 Å². The van der Waals surface area contributed by atoms with Crippen LogP contribution in [0.15, 0.2) is 0 Å². The molecule has 2 rings (SSSR count). The lowest BCUT2D eigenvalue weighted by Crippen LogP contribution is -2.43. The fourth-order valence-electron chi connectivity index (χ4n) is 2.52. The van der Waals surface area contributed by atoms with Crippen molar-refractivity contribution in [2.24, 2.45) is 5.92 Å². The smallest absolute Gasteiger partial charge is 0.332 e. The number of carbonyl (C=O) groups is 2. The van der Waals surface area contributed by atoms with Crippen molar-refractivity contribution in [1.29, 1.82) is 0 Å². The molecule has 1 saturated heterocycles. The van der Waals surface area contributed by atoms with Crippen molar-refractivity contribution in [2.75, 3.05) is 20.1 Å². The maximum absolute atomic E-state index is 11.8. The molecule has 6 heteroatoms. The fraction of sp³-hybridized carbons (Fsp3) is 0.846. The van der Waals surface area contributed by atoms with Crippen LogP contribution in [0.4, 0.5) is 4.79 Å². The molecule has 108 valence electrons. The Morgan fingerprint density at radius 2 is 2.05 bits per heavy atom. The average Bonchev–Trinajstić information content (AvgIpc) is 2.79. The zero-order valence-corrected chi connectivity index (χ0v) is 11.3. The molecule has 0 aromatic heterocycles. The third-order valence-electron chi connectivity index (χ3n) is 3.97. The summed E-state index contributed by atoms with van der Waals surface area (Å²) >= 11 is 0. The minimum absolute atomic E-state index is 0.103. The number of rotatable bonds is 5. The fourth-order valence-corrected chi connectivity index (χ4v) is 2.52. The SMILES string of the molecule is CN(CC1CCC1)C(=O)NCC1CCC(C(=O)O)O1. The molecule has 1 aliphatic carbocycles. The van der Waals surface area contributed by atoms with E-state index in [1.165, 1.54) is 19.3 Å². The molecule has 0 spiro atoms. The molecule has 2 N–H and O–H groups in total. The lowest BCUT2D eigenvalue weighted by Gasteiger charge is -2.30. The van der Waals surface area contributed by atoms with Gasteiger partial charge in [-0.15, -0.1) is 0 Å². The van der Waals surface area contributed by atoms with E-state index in [4.69, 9.17) is 9.84 Å². The Balaban J connectivity index is 1.64. The molecule has 1 heterocycles. The zero-order chi connectivity index (χ0) is 13.8. The van der Waals surface area contributed by atoms with Crippen molar-refractivity contribution in [3.63, 3.8) is 0 Å². The van der Waals surface area contributed by atoms with Gasteiger partial charge in [0, 0.05) is 20.1 Å². The summed E-state index contributed by atoms with van der Waals surface area (Å²) in [6.45, 7) is 1.19. The molecule has 2 unspecified atom stereocenters. The molecule has 6 nitrogen and oxygen atoms in total. The van der Waals surface area contributed by atoms with Crippen molar-refractivity contribution < 1.29 is 19.4 Å². The van der Waals surface area contributed by atoms with Gasteiger partial charge in [0.25, 0.3) is 0 Å². The van der Waals surface area contributed by atoms with E-state index in [0.717, 1.165) is 6.54 Å². The summed E-state index contributed by atoms with van der Waals surface area (Å²) in [5, 5.41) is 11.6. The summed E-state index contributed by atoms with van der Waals surface area (Å²) in [6.07, 6.45) is 4.01. The number of carboxylic acid groups (broad SMARTS) is 1. The number of hydrogen-bond donors (Lipinski definition) is 2. The predicted molar refractivity (Wildman–Crippen MR) is 68.9 cm³/mol. The van der Waals surface area contributed by atoms with E-state index >= 15 is 0 Å². The summed E-state index contributed by atoms with van der Waals surface area (Å²) in [7, 11) is 1.79. The number of carbonyl (C=O) groups excluding carboxylic acids is 1. The van der Waals surface area contributed by atoms with E-state index < -0.39 is 12.1 Å². The molecule has 1 aliphatic heterocycles. The van der Waals surface area contributed by atoms with Crippen molar-refractivity contribution in [3.8, 4) is 0 Å². The average molecular weight is 270 g/mol. The topological polar surface area (TPSA) is 78.9 Å². The quantitative estimate of drug-likeness (QED) is 0.783. The van der Waals surface area contributed by atoms with Crippen LogP contribution in [-0.4, -0.2) is 54.4 Å².